The second-order valence-electron chi connectivity index (χ2n) is 5.71. The summed E-state index contributed by atoms with van der Waals surface area (Å²) in [6.45, 7) is 0.924. The third-order valence-electron chi connectivity index (χ3n) is 3.96. The van der Waals surface area contributed by atoms with Crippen molar-refractivity contribution in [1.29, 1.82) is 0 Å². The molecule has 0 aromatic heterocycles. The van der Waals surface area contributed by atoms with E-state index < -0.39 is 0 Å². The number of hydrogen-bond acceptors (Lipinski definition) is 3. The Labute approximate surface area is 115 Å². The average Bonchev–Trinajstić information content (AvgIpc) is 3.09. The highest BCUT2D eigenvalue weighted by atomic mass is 16.5. The first kappa shape index (κ1) is 12.9. The zero-order valence-electron chi connectivity index (χ0n) is 11.4. The number of nitrogens with two attached hydrogens (primary N) is 1. The molecule has 104 valence electrons. The highest BCUT2D eigenvalue weighted by molar-refractivity contribution is 5.29. The molecule has 0 amide bonds. The van der Waals surface area contributed by atoms with Crippen LogP contribution in [-0.2, 0) is 4.74 Å². The van der Waals surface area contributed by atoms with Crippen LogP contribution in [0.4, 0.5) is 0 Å². The molecule has 1 saturated heterocycles. The zero-order valence-corrected chi connectivity index (χ0v) is 11.4. The number of rotatable bonds is 6. The summed E-state index contributed by atoms with van der Waals surface area (Å²) in [4.78, 5) is 0. The second kappa shape index (κ2) is 5.93. The lowest BCUT2D eigenvalue weighted by atomic mass is 10.00. The van der Waals surface area contributed by atoms with E-state index in [1.807, 2.05) is 12.1 Å². The van der Waals surface area contributed by atoms with E-state index in [4.69, 9.17) is 15.2 Å². The fourth-order valence-electron chi connectivity index (χ4n) is 2.58. The van der Waals surface area contributed by atoms with Gasteiger partial charge in [-0.15, -0.1) is 0 Å². The van der Waals surface area contributed by atoms with Crippen LogP contribution in [0.5, 0.6) is 5.75 Å². The molecule has 1 aromatic carbocycles. The van der Waals surface area contributed by atoms with Crippen LogP contribution >= 0.6 is 0 Å². The fraction of sp³-hybridized carbons (Fsp3) is 0.625. The van der Waals surface area contributed by atoms with Crippen molar-refractivity contribution in [3.63, 3.8) is 0 Å². The van der Waals surface area contributed by atoms with Crippen LogP contribution in [0.1, 0.15) is 50.1 Å². The molecule has 0 radical (unpaired) electrons. The van der Waals surface area contributed by atoms with Crippen molar-refractivity contribution in [1.82, 2.24) is 0 Å². The molecule has 0 spiro atoms. The summed E-state index contributed by atoms with van der Waals surface area (Å²) in [5.74, 6) is 0.970. The van der Waals surface area contributed by atoms with Crippen molar-refractivity contribution in [2.45, 2.75) is 56.8 Å². The van der Waals surface area contributed by atoms with E-state index >= 15 is 0 Å². The Balaban J connectivity index is 1.48. The van der Waals surface area contributed by atoms with Crippen molar-refractivity contribution in [2.75, 3.05) is 6.61 Å². The SMILES string of the molecule is NC(CCC1CCCO1)c1ccc(OC2CC2)cc1. The maximum absolute atomic E-state index is 6.24. The monoisotopic (exact) mass is 261 g/mol. The van der Waals surface area contributed by atoms with Gasteiger partial charge in [-0.2, -0.15) is 0 Å². The van der Waals surface area contributed by atoms with Gasteiger partial charge in [0.2, 0.25) is 0 Å². The number of hydrogen-bond donors (Lipinski definition) is 1. The summed E-state index contributed by atoms with van der Waals surface area (Å²) >= 11 is 0. The van der Waals surface area contributed by atoms with Crippen LogP contribution in [0.3, 0.4) is 0 Å². The Morgan fingerprint density at radius 3 is 2.63 bits per heavy atom. The van der Waals surface area contributed by atoms with Crippen molar-refractivity contribution in [3.8, 4) is 5.75 Å². The molecule has 1 aliphatic carbocycles. The quantitative estimate of drug-likeness (QED) is 0.855. The van der Waals surface area contributed by atoms with Gasteiger partial charge in [0.05, 0.1) is 12.2 Å². The largest absolute Gasteiger partial charge is 0.490 e. The highest BCUT2D eigenvalue weighted by Gasteiger charge is 2.23. The molecule has 19 heavy (non-hydrogen) atoms. The summed E-state index contributed by atoms with van der Waals surface area (Å²) < 4.78 is 11.4. The highest BCUT2D eigenvalue weighted by Crippen LogP contribution is 2.28. The first-order chi connectivity index (χ1) is 9.31. The van der Waals surface area contributed by atoms with Crippen LogP contribution in [0, 0.1) is 0 Å². The second-order valence-corrected chi connectivity index (χ2v) is 5.71. The Bertz CT molecular complexity index is 394. The molecule has 2 fully saturated rings. The lowest BCUT2D eigenvalue weighted by molar-refractivity contribution is 0.101. The molecule has 3 heteroatoms. The predicted octanol–water partition coefficient (Wildman–Crippen LogP) is 3.19. The molecule has 2 aliphatic rings. The minimum atomic E-state index is 0.110. The van der Waals surface area contributed by atoms with E-state index in [9.17, 15) is 0 Å². The van der Waals surface area contributed by atoms with E-state index in [2.05, 4.69) is 12.1 Å². The molecule has 3 rings (SSSR count). The van der Waals surface area contributed by atoms with Gasteiger partial charge < -0.3 is 15.2 Å². The van der Waals surface area contributed by atoms with Crippen molar-refractivity contribution < 1.29 is 9.47 Å². The van der Waals surface area contributed by atoms with Crippen LogP contribution in [0.2, 0.25) is 0 Å². The van der Waals surface area contributed by atoms with E-state index in [0.29, 0.717) is 12.2 Å². The summed E-state index contributed by atoms with van der Waals surface area (Å²) in [6, 6.07) is 8.38. The van der Waals surface area contributed by atoms with Gasteiger partial charge in [0, 0.05) is 12.6 Å². The maximum Gasteiger partial charge on any atom is 0.119 e. The summed E-state index contributed by atoms with van der Waals surface area (Å²) in [7, 11) is 0. The summed E-state index contributed by atoms with van der Waals surface area (Å²) in [5.41, 5.74) is 7.44. The maximum atomic E-state index is 6.24. The van der Waals surface area contributed by atoms with Crippen molar-refractivity contribution in [2.24, 2.45) is 5.73 Å². The Morgan fingerprint density at radius 1 is 1.21 bits per heavy atom. The van der Waals surface area contributed by atoms with Gasteiger partial charge in [0.15, 0.2) is 0 Å². The molecule has 1 heterocycles. The number of ether oxygens (including phenoxy) is 2. The molecule has 1 aliphatic heterocycles. The van der Waals surface area contributed by atoms with Gasteiger partial charge in [-0.1, -0.05) is 12.1 Å². The average molecular weight is 261 g/mol. The van der Waals surface area contributed by atoms with Crippen molar-refractivity contribution >= 4 is 0 Å². The first-order valence-electron chi connectivity index (χ1n) is 7.45. The van der Waals surface area contributed by atoms with Crippen LogP contribution in [0.15, 0.2) is 24.3 Å². The van der Waals surface area contributed by atoms with Crippen LogP contribution < -0.4 is 10.5 Å². The van der Waals surface area contributed by atoms with E-state index in [1.54, 1.807) is 0 Å². The molecule has 2 unspecified atom stereocenters. The van der Waals surface area contributed by atoms with Gasteiger partial charge in [-0.3, -0.25) is 0 Å². The molecule has 1 aromatic rings. The van der Waals surface area contributed by atoms with E-state index in [1.165, 1.54) is 31.2 Å². The summed E-state index contributed by atoms with van der Waals surface area (Å²) in [6.07, 6.45) is 7.75. The van der Waals surface area contributed by atoms with Crippen LogP contribution in [0.25, 0.3) is 0 Å². The normalized spacial score (nSPS) is 24.4. The lowest BCUT2D eigenvalue weighted by Gasteiger charge is -2.15. The molecular formula is C16H23NO2. The van der Waals surface area contributed by atoms with Gasteiger partial charge in [-0.05, 0) is 56.2 Å². The standard InChI is InChI=1S/C16H23NO2/c17-16(10-9-13-2-1-11-18-13)12-3-5-14(6-4-12)19-15-7-8-15/h3-6,13,15-16H,1-2,7-11,17H2. The van der Waals surface area contributed by atoms with E-state index in [-0.39, 0.29) is 6.04 Å². The predicted molar refractivity (Wildman–Crippen MR) is 75.2 cm³/mol. The van der Waals surface area contributed by atoms with Crippen LogP contribution in [-0.4, -0.2) is 18.8 Å². The Kier molecular flexibility index (Phi) is 4.04. The molecule has 3 nitrogen and oxygen atoms in total. The lowest BCUT2D eigenvalue weighted by Crippen LogP contribution is -2.14. The third kappa shape index (κ3) is 3.71. The fourth-order valence-corrected chi connectivity index (χ4v) is 2.58. The first-order valence-corrected chi connectivity index (χ1v) is 7.45. The summed E-state index contributed by atoms with van der Waals surface area (Å²) in [5, 5.41) is 0. The Morgan fingerprint density at radius 2 is 2.00 bits per heavy atom. The third-order valence-corrected chi connectivity index (χ3v) is 3.96. The van der Waals surface area contributed by atoms with Gasteiger partial charge in [0.1, 0.15) is 5.75 Å². The van der Waals surface area contributed by atoms with Gasteiger partial charge in [0.25, 0.3) is 0 Å². The van der Waals surface area contributed by atoms with Gasteiger partial charge in [-0.25, -0.2) is 0 Å². The molecule has 0 bridgehead atoms. The number of benzene rings is 1. The molecule has 1 saturated carbocycles. The minimum absolute atomic E-state index is 0.110. The zero-order chi connectivity index (χ0) is 13.1. The van der Waals surface area contributed by atoms with Gasteiger partial charge >= 0.3 is 0 Å². The van der Waals surface area contributed by atoms with E-state index in [0.717, 1.165) is 25.2 Å². The topological polar surface area (TPSA) is 44.5 Å². The minimum Gasteiger partial charge on any atom is -0.490 e. The molecule has 2 atom stereocenters. The molecule has 2 N–H and O–H groups in total. The molecular weight excluding hydrogens is 238 g/mol. The smallest absolute Gasteiger partial charge is 0.119 e. The Hall–Kier alpha value is -1.06. The van der Waals surface area contributed by atoms with Crippen molar-refractivity contribution in [3.05, 3.63) is 29.8 Å².